The molecule has 0 fully saturated rings. The Bertz CT molecular complexity index is 1630. The van der Waals surface area contributed by atoms with Gasteiger partial charge in [-0.3, -0.25) is 14.4 Å². The molecule has 0 bridgehead atoms. The first kappa shape index (κ1) is 29.1. The number of anilines is 2. The summed E-state index contributed by atoms with van der Waals surface area (Å²) in [6.07, 6.45) is 1.53. The van der Waals surface area contributed by atoms with Gasteiger partial charge in [0, 0.05) is 26.9 Å². The monoisotopic (exact) mass is 585 g/mol. The first-order valence-electron chi connectivity index (χ1n) is 12.3. The van der Waals surface area contributed by atoms with Gasteiger partial charge in [-0.05, 0) is 72.3 Å². The number of nitrogens with one attached hydrogen (secondary N) is 3. The summed E-state index contributed by atoms with van der Waals surface area (Å²) in [5.74, 6) is -2.34. The Labute approximate surface area is 245 Å². The van der Waals surface area contributed by atoms with Crippen LogP contribution in [0.15, 0.2) is 114 Å². The molecule has 41 heavy (non-hydrogen) atoms. The number of rotatable bonds is 10. The first-order valence-corrected chi connectivity index (χ1v) is 13.6. The van der Waals surface area contributed by atoms with Gasteiger partial charge in [-0.25, -0.2) is 4.79 Å². The summed E-state index contributed by atoms with van der Waals surface area (Å²) >= 11 is 7.34. The van der Waals surface area contributed by atoms with Crippen LogP contribution in [-0.2, 0) is 9.59 Å². The second-order valence-corrected chi connectivity index (χ2v) is 10.1. The van der Waals surface area contributed by atoms with Crippen LogP contribution in [0.3, 0.4) is 0 Å². The molecule has 0 spiro atoms. The molecule has 0 heterocycles. The van der Waals surface area contributed by atoms with Crippen molar-refractivity contribution >= 4 is 64.5 Å². The predicted octanol–water partition coefficient (Wildman–Crippen LogP) is 6.18. The van der Waals surface area contributed by atoms with E-state index in [-0.39, 0.29) is 22.9 Å². The third-order valence-corrected chi connectivity index (χ3v) is 6.77. The maximum absolute atomic E-state index is 13.3. The maximum atomic E-state index is 13.3. The van der Waals surface area contributed by atoms with Crippen molar-refractivity contribution < 1.29 is 24.3 Å². The van der Waals surface area contributed by atoms with Crippen molar-refractivity contribution in [3.8, 4) is 0 Å². The van der Waals surface area contributed by atoms with Crippen LogP contribution in [0.25, 0.3) is 6.08 Å². The normalized spacial score (nSPS) is 10.9. The minimum Gasteiger partial charge on any atom is -0.478 e. The topological polar surface area (TPSA) is 125 Å². The number of benzene rings is 4. The molecule has 4 N–H and O–H groups in total. The van der Waals surface area contributed by atoms with E-state index >= 15 is 0 Å². The Morgan fingerprint density at radius 2 is 1.44 bits per heavy atom. The number of carboxylic acids is 1. The number of carbonyl (C=O) groups is 4. The quantitative estimate of drug-likeness (QED) is 0.130. The van der Waals surface area contributed by atoms with Gasteiger partial charge < -0.3 is 21.1 Å². The number of carboxylic acid groups (broad SMARTS) is 1. The summed E-state index contributed by atoms with van der Waals surface area (Å²) in [6, 6.07) is 28.3. The molecule has 206 valence electrons. The van der Waals surface area contributed by atoms with Gasteiger partial charge in [-0.2, -0.15) is 0 Å². The molecule has 0 atom stereocenters. The molecule has 0 saturated carbocycles. The molecule has 0 aliphatic rings. The van der Waals surface area contributed by atoms with E-state index in [1.807, 2.05) is 0 Å². The molecular formula is C31H24ClN3O5S. The van der Waals surface area contributed by atoms with Gasteiger partial charge in [0.2, 0.25) is 5.91 Å². The lowest BCUT2D eigenvalue weighted by Gasteiger charge is -2.12. The average molecular weight is 586 g/mol. The van der Waals surface area contributed by atoms with Gasteiger partial charge in [-0.1, -0.05) is 54.1 Å². The Morgan fingerprint density at radius 1 is 0.756 bits per heavy atom. The molecule has 3 amide bonds. The Balaban J connectivity index is 1.44. The van der Waals surface area contributed by atoms with Crippen LogP contribution in [0, 0.1) is 0 Å². The van der Waals surface area contributed by atoms with Crippen LogP contribution < -0.4 is 16.0 Å². The number of hydrogen-bond donors (Lipinski definition) is 4. The average Bonchev–Trinajstić information content (AvgIpc) is 2.96. The molecule has 4 rings (SSSR count). The zero-order valence-corrected chi connectivity index (χ0v) is 23.0. The number of hydrogen-bond acceptors (Lipinski definition) is 5. The lowest BCUT2D eigenvalue weighted by Crippen LogP contribution is -2.30. The van der Waals surface area contributed by atoms with Gasteiger partial charge >= 0.3 is 5.97 Å². The van der Waals surface area contributed by atoms with Crippen molar-refractivity contribution in [1.29, 1.82) is 0 Å². The van der Waals surface area contributed by atoms with Gasteiger partial charge in [0.05, 0.1) is 11.3 Å². The highest BCUT2D eigenvalue weighted by atomic mass is 35.5. The van der Waals surface area contributed by atoms with Crippen LogP contribution in [0.1, 0.15) is 26.3 Å². The number of carbonyl (C=O) groups excluding carboxylic acids is 3. The van der Waals surface area contributed by atoms with E-state index in [1.54, 1.807) is 91.0 Å². The highest BCUT2D eigenvalue weighted by molar-refractivity contribution is 8.00. The molecule has 4 aromatic rings. The second kappa shape index (κ2) is 14.0. The van der Waals surface area contributed by atoms with Gasteiger partial charge in [0.1, 0.15) is 5.70 Å². The molecule has 0 saturated heterocycles. The van der Waals surface area contributed by atoms with Crippen molar-refractivity contribution in [3.63, 3.8) is 0 Å². The van der Waals surface area contributed by atoms with E-state index in [0.717, 1.165) is 0 Å². The summed E-state index contributed by atoms with van der Waals surface area (Å²) in [5, 5.41) is 17.8. The van der Waals surface area contributed by atoms with E-state index in [0.29, 0.717) is 32.4 Å². The minimum absolute atomic E-state index is 0.0159. The Kier molecular flexibility index (Phi) is 9.93. The van der Waals surface area contributed by atoms with Gasteiger partial charge in [-0.15, -0.1) is 11.8 Å². The Hall–Kier alpha value is -4.86. The van der Waals surface area contributed by atoms with E-state index in [2.05, 4.69) is 16.0 Å². The van der Waals surface area contributed by atoms with Crippen LogP contribution in [0.5, 0.6) is 0 Å². The van der Waals surface area contributed by atoms with Crippen LogP contribution in [0.4, 0.5) is 11.4 Å². The Morgan fingerprint density at radius 3 is 2.17 bits per heavy atom. The number of aromatic carboxylic acids is 1. The van der Waals surface area contributed by atoms with Crippen LogP contribution >= 0.6 is 23.4 Å². The SMILES string of the molecule is O=C(CSc1cccc(NC(=O)/C(=C/c2cccc(Cl)c2)NC(=O)c2ccccc2)c1)Nc1cccc(C(=O)O)c1. The van der Waals surface area contributed by atoms with Crippen molar-refractivity contribution in [1.82, 2.24) is 5.32 Å². The summed E-state index contributed by atoms with van der Waals surface area (Å²) in [4.78, 5) is 50.4. The lowest BCUT2D eigenvalue weighted by atomic mass is 10.1. The molecule has 0 aliphatic carbocycles. The molecular weight excluding hydrogens is 562 g/mol. The van der Waals surface area contributed by atoms with Crippen LogP contribution in [0.2, 0.25) is 5.02 Å². The fourth-order valence-corrected chi connectivity index (χ4v) is 4.60. The zero-order chi connectivity index (χ0) is 29.2. The number of halogens is 1. The fraction of sp³-hybridized carbons (Fsp3) is 0.0323. The molecule has 0 unspecified atom stereocenters. The van der Waals surface area contributed by atoms with Gasteiger partial charge in [0.25, 0.3) is 11.8 Å². The highest BCUT2D eigenvalue weighted by Gasteiger charge is 2.16. The van der Waals surface area contributed by atoms with Gasteiger partial charge in [0.15, 0.2) is 0 Å². The summed E-state index contributed by atoms with van der Waals surface area (Å²) < 4.78 is 0. The summed E-state index contributed by atoms with van der Waals surface area (Å²) in [5.41, 5.74) is 1.95. The third-order valence-electron chi connectivity index (χ3n) is 5.54. The predicted molar refractivity (Wildman–Crippen MR) is 161 cm³/mol. The summed E-state index contributed by atoms with van der Waals surface area (Å²) in [6.45, 7) is 0. The summed E-state index contributed by atoms with van der Waals surface area (Å²) in [7, 11) is 0. The molecule has 8 nitrogen and oxygen atoms in total. The standard InChI is InChI=1S/C31H24ClN3O5S/c32-23-11-4-7-20(15-23)16-27(35-29(37)21-8-2-1-3-9-21)30(38)34-25-13-6-14-26(18-25)41-19-28(36)33-24-12-5-10-22(17-24)31(39)40/h1-18H,19H2,(H,33,36)(H,34,38)(H,35,37)(H,39,40)/b27-16-. The van der Waals surface area contributed by atoms with E-state index in [1.165, 1.54) is 30.0 Å². The lowest BCUT2D eigenvalue weighted by molar-refractivity contribution is -0.114. The van der Waals surface area contributed by atoms with E-state index in [4.69, 9.17) is 16.7 Å². The zero-order valence-electron chi connectivity index (χ0n) is 21.5. The second-order valence-electron chi connectivity index (χ2n) is 8.64. The fourth-order valence-electron chi connectivity index (χ4n) is 3.64. The largest absolute Gasteiger partial charge is 0.478 e. The van der Waals surface area contributed by atoms with Crippen molar-refractivity contribution in [3.05, 3.63) is 131 Å². The minimum atomic E-state index is -1.08. The number of thioether (sulfide) groups is 1. The first-order chi connectivity index (χ1) is 19.8. The molecule has 0 aromatic heterocycles. The third kappa shape index (κ3) is 8.82. The molecule has 0 radical (unpaired) electrons. The van der Waals surface area contributed by atoms with Crippen molar-refractivity contribution in [2.24, 2.45) is 0 Å². The van der Waals surface area contributed by atoms with Crippen LogP contribution in [-0.4, -0.2) is 34.6 Å². The highest BCUT2D eigenvalue weighted by Crippen LogP contribution is 2.23. The molecule has 4 aromatic carbocycles. The van der Waals surface area contributed by atoms with E-state index < -0.39 is 17.8 Å². The molecule has 10 heteroatoms. The van der Waals surface area contributed by atoms with Crippen molar-refractivity contribution in [2.75, 3.05) is 16.4 Å². The molecule has 0 aliphatic heterocycles. The number of amides is 3. The van der Waals surface area contributed by atoms with Crippen molar-refractivity contribution in [2.45, 2.75) is 4.90 Å². The smallest absolute Gasteiger partial charge is 0.335 e. The van der Waals surface area contributed by atoms with E-state index in [9.17, 15) is 19.2 Å². The maximum Gasteiger partial charge on any atom is 0.335 e.